The SMILES string of the molecule is CN=C(NCc1ccc(O)c(F)c1)NC1CCN(c2ccccc2)C1.I. The molecule has 1 fully saturated rings. The zero-order valence-electron chi connectivity index (χ0n) is 14.7. The third kappa shape index (κ3) is 5.23. The molecular weight excluding hydrogens is 446 g/mol. The van der Waals surface area contributed by atoms with Gasteiger partial charge in [-0.25, -0.2) is 4.39 Å². The first kappa shape index (κ1) is 20.3. The van der Waals surface area contributed by atoms with E-state index in [4.69, 9.17) is 0 Å². The monoisotopic (exact) mass is 470 g/mol. The summed E-state index contributed by atoms with van der Waals surface area (Å²) in [4.78, 5) is 6.58. The normalized spacial score (nSPS) is 16.9. The Morgan fingerprint density at radius 2 is 2.04 bits per heavy atom. The van der Waals surface area contributed by atoms with Gasteiger partial charge in [-0.3, -0.25) is 4.99 Å². The van der Waals surface area contributed by atoms with Crippen LogP contribution in [0.1, 0.15) is 12.0 Å². The van der Waals surface area contributed by atoms with Crippen LogP contribution in [0.5, 0.6) is 5.75 Å². The lowest BCUT2D eigenvalue weighted by Crippen LogP contribution is -2.44. The van der Waals surface area contributed by atoms with Crippen LogP contribution in [-0.2, 0) is 6.54 Å². The second-order valence-electron chi connectivity index (χ2n) is 6.12. The van der Waals surface area contributed by atoms with Gasteiger partial charge in [-0.05, 0) is 36.2 Å². The Kier molecular flexibility index (Phi) is 7.50. The predicted molar refractivity (Wildman–Crippen MR) is 114 cm³/mol. The van der Waals surface area contributed by atoms with Crippen LogP contribution in [0.4, 0.5) is 10.1 Å². The van der Waals surface area contributed by atoms with Gasteiger partial charge in [0.1, 0.15) is 0 Å². The number of phenolic OH excluding ortho intramolecular Hbond substituents is 1. The molecule has 0 bridgehead atoms. The van der Waals surface area contributed by atoms with Crippen molar-refractivity contribution in [2.24, 2.45) is 4.99 Å². The average molecular weight is 470 g/mol. The molecule has 1 saturated heterocycles. The number of phenols is 1. The van der Waals surface area contributed by atoms with Gasteiger partial charge in [-0.1, -0.05) is 24.3 Å². The molecule has 1 aliphatic rings. The zero-order valence-corrected chi connectivity index (χ0v) is 17.0. The lowest BCUT2D eigenvalue weighted by Gasteiger charge is -2.20. The minimum atomic E-state index is -0.614. The number of hydrogen-bond donors (Lipinski definition) is 3. The molecule has 7 heteroatoms. The van der Waals surface area contributed by atoms with Gasteiger partial charge in [-0.2, -0.15) is 0 Å². The van der Waals surface area contributed by atoms with E-state index in [2.05, 4.69) is 32.7 Å². The molecule has 1 aliphatic heterocycles. The summed E-state index contributed by atoms with van der Waals surface area (Å²) in [6.45, 7) is 2.35. The van der Waals surface area contributed by atoms with E-state index in [1.807, 2.05) is 18.2 Å². The topological polar surface area (TPSA) is 59.9 Å². The van der Waals surface area contributed by atoms with Crippen LogP contribution in [-0.4, -0.2) is 37.2 Å². The van der Waals surface area contributed by atoms with Crippen LogP contribution in [0.2, 0.25) is 0 Å². The van der Waals surface area contributed by atoms with E-state index in [-0.39, 0.29) is 29.7 Å². The molecular formula is C19H24FIN4O. The molecule has 3 N–H and O–H groups in total. The Bertz CT molecular complexity index is 742. The van der Waals surface area contributed by atoms with E-state index < -0.39 is 5.82 Å². The number of aromatic hydroxyl groups is 1. The lowest BCUT2D eigenvalue weighted by molar-refractivity contribution is 0.431. The van der Waals surface area contributed by atoms with Gasteiger partial charge >= 0.3 is 0 Å². The number of benzene rings is 2. The number of aliphatic imine (C=N–C) groups is 1. The summed E-state index contributed by atoms with van der Waals surface area (Å²) in [5.41, 5.74) is 1.98. The number of nitrogens with zero attached hydrogens (tertiary/aromatic N) is 2. The maximum Gasteiger partial charge on any atom is 0.191 e. The molecule has 140 valence electrons. The lowest BCUT2D eigenvalue weighted by atomic mass is 10.2. The molecule has 26 heavy (non-hydrogen) atoms. The Labute approximate surface area is 170 Å². The van der Waals surface area contributed by atoms with Crippen molar-refractivity contribution >= 4 is 35.6 Å². The van der Waals surface area contributed by atoms with Crippen molar-refractivity contribution in [3.05, 3.63) is 59.9 Å². The maximum atomic E-state index is 13.4. The largest absolute Gasteiger partial charge is 0.505 e. The molecule has 0 spiro atoms. The number of para-hydroxylation sites is 1. The first-order valence-corrected chi connectivity index (χ1v) is 8.40. The highest BCUT2D eigenvalue weighted by atomic mass is 127. The average Bonchev–Trinajstić information content (AvgIpc) is 3.11. The van der Waals surface area contributed by atoms with Gasteiger partial charge in [0.15, 0.2) is 17.5 Å². The fraction of sp³-hybridized carbons (Fsp3) is 0.316. The number of hydrogen-bond acceptors (Lipinski definition) is 3. The molecule has 1 unspecified atom stereocenters. The minimum Gasteiger partial charge on any atom is -0.505 e. The fourth-order valence-corrected chi connectivity index (χ4v) is 2.99. The highest BCUT2D eigenvalue weighted by Gasteiger charge is 2.23. The summed E-state index contributed by atoms with van der Waals surface area (Å²) in [7, 11) is 1.72. The van der Waals surface area contributed by atoms with Crippen LogP contribution >= 0.6 is 24.0 Å². The number of halogens is 2. The van der Waals surface area contributed by atoms with Crippen molar-refractivity contribution in [3.63, 3.8) is 0 Å². The van der Waals surface area contributed by atoms with E-state index in [1.54, 1.807) is 13.1 Å². The molecule has 1 heterocycles. The fourth-order valence-electron chi connectivity index (χ4n) is 2.99. The maximum absolute atomic E-state index is 13.4. The Hall–Kier alpha value is -2.03. The highest BCUT2D eigenvalue weighted by Crippen LogP contribution is 2.19. The van der Waals surface area contributed by atoms with Gasteiger partial charge in [-0.15, -0.1) is 24.0 Å². The van der Waals surface area contributed by atoms with Gasteiger partial charge in [0.05, 0.1) is 0 Å². The van der Waals surface area contributed by atoms with Gasteiger partial charge < -0.3 is 20.6 Å². The molecule has 1 atom stereocenters. The minimum absolute atomic E-state index is 0. The second kappa shape index (κ2) is 9.61. The molecule has 0 saturated carbocycles. The summed E-state index contributed by atoms with van der Waals surface area (Å²) >= 11 is 0. The summed E-state index contributed by atoms with van der Waals surface area (Å²) in [5.74, 6) is -0.261. The number of nitrogens with one attached hydrogen (secondary N) is 2. The Balaban J connectivity index is 0.00000243. The standard InChI is InChI=1S/C19H23FN4O.HI/c1-21-19(22-12-14-7-8-18(25)17(20)11-14)23-15-9-10-24(13-15)16-5-3-2-4-6-16;/h2-8,11,15,25H,9-10,12-13H2,1H3,(H2,21,22,23);1H. The number of rotatable bonds is 4. The molecule has 0 aliphatic carbocycles. The molecule has 2 aromatic rings. The van der Waals surface area contributed by atoms with Crippen LogP contribution in [0.3, 0.4) is 0 Å². The van der Waals surface area contributed by atoms with Crippen LogP contribution < -0.4 is 15.5 Å². The third-order valence-corrected chi connectivity index (χ3v) is 4.35. The van der Waals surface area contributed by atoms with Crippen LogP contribution in [0, 0.1) is 5.82 Å². The number of guanidine groups is 1. The van der Waals surface area contributed by atoms with E-state index in [9.17, 15) is 9.50 Å². The van der Waals surface area contributed by atoms with E-state index in [0.29, 0.717) is 18.5 Å². The quantitative estimate of drug-likeness (QED) is 0.365. The van der Waals surface area contributed by atoms with Gasteiger partial charge in [0.25, 0.3) is 0 Å². The van der Waals surface area contributed by atoms with Crippen molar-refractivity contribution in [1.82, 2.24) is 10.6 Å². The number of anilines is 1. The zero-order chi connectivity index (χ0) is 17.6. The van der Waals surface area contributed by atoms with Crippen molar-refractivity contribution < 1.29 is 9.50 Å². The molecule has 0 amide bonds. The summed E-state index contributed by atoms with van der Waals surface area (Å²) < 4.78 is 13.4. The Morgan fingerprint density at radius 1 is 1.27 bits per heavy atom. The Morgan fingerprint density at radius 3 is 2.73 bits per heavy atom. The first-order valence-electron chi connectivity index (χ1n) is 8.40. The van der Waals surface area contributed by atoms with Gasteiger partial charge in [0, 0.05) is 38.4 Å². The summed E-state index contributed by atoms with van der Waals surface area (Å²) in [5, 5.41) is 15.8. The van der Waals surface area contributed by atoms with Gasteiger partial charge in [0.2, 0.25) is 0 Å². The first-order chi connectivity index (χ1) is 12.2. The summed E-state index contributed by atoms with van der Waals surface area (Å²) in [6.07, 6.45) is 1.03. The van der Waals surface area contributed by atoms with Crippen molar-refractivity contribution in [1.29, 1.82) is 0 Å². The van der Waals surface area contributed by atoms with Crippen molar-refractivity contribution in [3.8, 4) is 5.75 Å². The van der Waals surface area contributed by atoms with E-state index in [1.165, 1.54) is 17.8 Å². The highest BCUT2D eigenvalue weighted by molar-refractivity contribution is 14.0. The van der Waals surface area contributed by atoms with E-state index >= 15 is 0 Å². The molecule has 0 radical (unpaired) electrons. The molecule has 3 rings (SSSR count). The van der Waals surface area contributed by atoms with Crippen molar-refractivity contribution in [2.75, 3.05) is 25.0 Å². The van der Waals surface area contributed by atoms with Crippen LogP contribution in [0.25, 0.3) is 0 Å². The third-order valence-electron chi connectivity index (χ3n) is 4.35. The molecule has 0 aromatic heterocycles. The smallest absolute Gasteiger partial charge is 0.191 e. The summed E-state index contributed by atoms with van der Waals surface area (Å²) in [6, 6.07) is 15.0. The second-order valence-corrected chi connectivity index (χ2v) is 6.12. The van der Waals surface area contributed by atoms with E-state index in [0.717, 1.165) is 25.1 Å². The van der Waals surface area contributed by atoms with Crippen molar-refractivity contribution in [2.45, 2.75) is 19.0 Å². The molecule has 5 nitrogen and oxygen atoms in total. The molecule has 2 aromatic carbocycles. The predicted octanol–water partition coefficient (Wildman–Crippen LogP) is 3.09. The van der Waals surface area contributed by atoms with Crippen LogP contribution in [0.15, 0.2) is 53.5 Å².